The van der Waals surface area contributed by atoms with Gasteiger partial charge in [-0.2, -0.15) is 0 Å². The summed E-state index contributed by atoms with van der Waals surface area (Å²) in [6, 6.07) is 10.6. The topological polar surface area (TPSA) is 66.5 Å². The minimum absolute atomic E-state index is 0.139. The standard InChI is InChI=1S/C22H28N2O3S/c1-7-12-24(28(6,26)27)20-10-8-19(9-11-20)22(25)23-18(5)21-14-16(3)15(2)13-17(21)4/h7-11,13-14,18H,1,12H2,2-6H3,(H,23,25). The summed E-state index contributed by atoms with van der Waals surface area (Å²) in [4.78, 5) is 12.6. The molecule has 1 amide bonds. The fraction of sp³-hybridized carbons (Fsp3) is 0.318. The molecule has 0 saturated carbocycles. The van der Waals surface area contributed by atoms with Gasteiger partial charge in [-0.15, -0.1) is 6.58 Å². The third kappa shape index (κ3) is 5.01. The molecule has 0 aromatic heterocycles. The highest BCUT2D eigenvalue weighted by molar-refractivity contribution is 7.92. The van der Waals surface area contributed by atoms with E-state index in [9.17, 15) is 13.2 Å². The zero-order valence-electron chi connectivity index (χ0n) is 17.1. The Morgan fingerprint density at radius 3 is 2.21 bits per heavy atom. The molecule has 5 nitrogen and oxygen atoms in total. The van der Waals surface area contributed by atoms with E-state index in [1.165, 1.54) is 21.5 Å². The minimum atomic E-state index is -3.42. The fourth-order valence-electron chi connectivity index (χ4n) is 3.14. The number of carbonyl (C=O) groups excluding carboxylic acids is 1. The van der Waals surface area contributed by atoms with Crippen molar-refractivity contribution in [2.24, 2.45) is 0 Å². The van der Waals surface area contributed by atoms with Crippen LogP contribution < -0.4 is 9.62 Å². The highest BCUT2D eigenvalue weighted by Crippen LogP contribution is 2.23. The Morgan fingerprint density at radius 1 is 1.11 bits per heavy atom. The van der Waals surface area contributed by atoms with Gasteiger partial charge in [0.25, 0.3) is 5.91 Å². The summed E-state index contributed by atoms with van der Waals surface area (Å²) in [6.07, 6.45) is 2.67. The predicted molar refractivity (Wildman–Crippen MR) is 115 cm³/mol. The van der Waals surface area contributed by atoms with Crippen molar-refractivity contribution in [1.29, 1.82) is 0 Å². The maximum absolute atomic E-state index is 12.6. The van der Waals surface area contributed by atoms with E-state index in [1.807, 2.05) is 13.8 Å². The second kappa shape index (κ2) is 8.61. The van der Waals surface area contributed by atoms with Gasteiger partial charge in [0.2, 0.25) is 10.0 Å². The van der Waals surface area contributed by atoms with E-state index in [2.05, 4.69) is 37.9 Å². The van der Waals surface area contributed by atoms with Gasteiger partial charge in [-0.3, -0.25) is 9.10 Å². The molecular formula is C22H28N2O3S. The van der Waals surface area contributed by atoms with Gasteiger partial charge < -0.3 is 5.32 Å². The number of carbonyl (C=O) groups is 1. The molecule has 2 aromatic carbocycles. The molecule has 0 fully saturated rings. The number of rotatable bonds is 7. The molecule has 0 saturated heterocycles. The lowest BCUT2D eigenvalue weighted by Crippen LogP contribution is -2.30. The van der Waals surface area contributed by atoms with Crippen molar-refractivity contribution in [3.63, 3.8) is 0 Å². The van der Waals surface area contributed by atoms with Gasteiger partial charge in [0.15, 0.2) is 0 Å². The first-order valence-electron chi connectivity index (χ1n) is 9.12. The van der Waals surface area contributed by atoms with E-state index in [-0.39, 0.29) is 18.5 Å². The van der Waals surface area contributed by atoms with Crippen LogP contribution in [0.1, 0.15) is 45.6 Å². The van der Waals surface area contributed by atoms with Crippen LogP contribution >= 0.6 is 0 Å². The molecule has 0 spiro atoms. The molecule has 0 bridgehead atoms. The quantitative estimate of drug-likeness (QED) is 0.713. The average molecular weight is 401 g/mol. The van der Waals surface area contributed by atoms with E-state index < -0.39 is 10.0 Å². The molecule has 0 aliphatic carbocycles. The summed E-state index contributed by atoms with van der Waals surface area (Å²) < 4.78 is 25.1. The highest BCUT2D eigenvalue weighted by Gasteiger charge is 2.18. The molecule has 28 heavy (non-hydrogen) atoms. The monoisotopic (exact) mass is 400 g/mol. The maximum Gasteiger partial charge on any atom is 0.251 e. The lowest BCUT2D eigenvalue weighted by Gasteiger charge is -2.21. The normalized spacial score (nSPS) is 12.3. The second-order valence-corrected chi connectivity index (χ2v) is 9.02. The maximum atomic E-state index is 12.6. The highest BCUT2D eigenvalue weighted by atomic mass is 32.2. The van der Waals surface area contributed by atoms with Crippen LogP contribution in [0.5, 0.6) is 0 Å². The third-order valence-corrected chi connectivity index (χ3v) is 5.97. The van der Waals surface area contributed by atoms with Crippen molar-refractivity contribution < 1.29 is 13.2 Å². The zero-order valence-corrected chi connectivity index (χ0v) is 17.9. The number of aryl methyl sites for hydroxylation is 3. The van der Waals surface area contributed by atoms with Crippen LogP contribution in [0.3, 0.4) is 0 Å². The SMILES string of the molecule is C=CCN(c1ccc(C(=O)NC(C)c2cc(C)c(C)cc2C)cc1)S(C)(=O)=O. The van der Waals surface area contributed by atoms with Crippen molar-refractivity contribution in [2.45, 2.75) is 33.7 Å². The van der Waals surface area contributed by atoms with Crippen molar-refractivity contribution >= 4 is 21.6 Å². The van der Waals surface area contributed by atoms with Crippen molar-refractivity contribution in [1.82, 2.24) is 5.32 Å². The third-order valence-electron chi connectivity index (χ3n) is 4.81. The molecule has 0 radical (unpaired) electrons. The molecular weight excluding hydrogens is 372 g/mol. The van der Waals surface area contributed by atoms with Gasteiger partial charge in [0, 0.05) is 5.56 Å². The molecule has 6 heteroatoms. The Hall–Kier alpha value is -2.60. The number of nitrogens with zero attached hydrogens (tertiary/aromatic N) is 1. The summed E-state index contributed by atoms with van der Waals surface area (Å²) in [6.45, 7) is 11.9. The number of hydrogen-bond acceptors (Lipinski definition) is 3. The van der Waals surface area contributed by atoms with Crippen LogP contribution in [0, 0.1) is 20.8 Å². The van der Waals surface area contributed by atoms with Crippen LogP contribution in [0.25, 0.3) is 0 Å². The minimum Gasteiger partial charge on any atom is -0.346 e. The Labute approximate surface area is 168 Å². The lowest BCUT2D eigenvalue weighted by atomic mass is 9.96. The van der Waals surface area contributed by atoms with Gasteiger partial charge in [-0.1, -0.05) is 18.2 Å². The average Bonchev–Trinajstić information content (AvgIpc) is 2.61. The number of amides is 1. The molecule has 0 aliphatic rings. The number of hydrogen-bond donors (Lipinski definition) is 1. The predicted octanol–water partition coefficient (Wildman–Crippen LogP) is 4.05. The summed E-state index contributed by atoms with van der Waals surface area (Å²) in [7, 11) is -3.42. The van der Waals surface area contributed by atoms with E-state index in [0.717, 1.165) is 17.4 Å². The number of sulfonamides is 1. The van der Waals surface area contributed by atoms with Gasteiger partial charge in [-0.25, -0.2) is 8.42 Å². The summed E-state index contributed by atoms with van der Waals surface area (Å²) in [5.74, 6) is -0.202. The van der Waals surface area contributed by atoms with Crippen molar-refractivity contribution in [2.75, 3.05) is 17.1 Å². The van der Waals surface area contributed by atoms with Crippen LogP contribution in [-0.4, -0.2) is 27.1 Å². The van der Waals surface area contributed by atoms with Crippen molar-refractivity contribution in [3.8, 4) is 0 Å². The Kier molecular flexibility index (Phi) is 6.67. The number of nitrogens with one attached hydrogen (secondary N) is 1. The molecule has 150 valence electrons. The van der Waals surface area contributed by atoms with Gasteiger partial charge in [0.05, 0.1) is 24.5 Å². The van der Waals surface area contributed by atoms with Crippen LogP contribution in [-0.2, 0) is 10.0 Å². The molecule has 1 N–H and O–H groups in total. The summed E-state index contributed by atoms with van der Waals surface area (Å²) in [5.41, 5.74) is 5.61. The van der Waals surface area contributed by atoms with Crippen molar-refractivity contribution in [3.05, 3.63) is 76.9 Å². The van der Waals surface area contributed by atoms with E-state index in [1.54, 1.807) is 24.3 Å². The van der Waals surface area contributed by atoms with E-state index in [0.29, 0.717) is 11.3 Å². The molecule has 1 atom stereocenters. The second-order valence-electron chi connectivity index (χ2n) is 7.12. The fourth-order valence-corrected chi connectivity index (χ4v) is 4.02. The largest absolute Gasteiger partial charge is 0.346 e. The molecule has 2 rings (SSSR count). The van der Waals surface area contributed by atoms with E-state index in [4.69, 9.17) is 0 Å². The number of anilines is 1. The summed E-state index contributed by atoms with van der Waals surface area (Å²) in [5, 5.41) is 3.02. The van der Waals surface area contributed by atoms with E-state index >= 15 is 0 Å². The van der Waals surface area contributed by atoms with Crippen LogP contribution in [0.15, 0.2) is 49.1 Å². The molecule has 0 heterocycles. The van der Waals surface area contributed by atoms with Gasteiger partial charge in [-0.05, 0) is 74.2 Å². The molecule has 2 aromatic rings. The van der Waals surface area contributed by atoms with Crippen LogP contribution in [0.2, 0.25) is 0 Å². The van der Waals surface area contributed by atoms with Gasteiger partial charge in [0.1, 0.15) is 0 Å². The Bertz CT molecular complexity index is 980. The first-order chi connectivity index (χ1) is 13.0. The first kappa shape index (κ1) is 21.7. The van der Waals surface area contributed by atoms with Crippen LogP contribution in [0.4, 0.5) is 5.69 Å². The first-order valence-corrected chi connectivity index (χ1v) is 11.0. The smallest absolute Gasteiger partial charge is 0.251 e. The summed E-state index contributed by atoms with van der Waals surface area (Å²) >= 11 is 0. The number of benzene rings is 2. The zero-order chi connectivity index (χ0) is 21.1. The Balaban J connectivity index is 2.19. The molecule has 0 aliphatic heterocycles. The molecule has 1 unspecified atom stereocenters. The lowest BCUT2D eigenvalue weighted by molar-refractivity contribution is 0.0940. The Morgan fingerprint density at radius 2 is 1.68 bits per heavy atom. The van der Waals surface area contributed by atoms with Gasteiger partial charge >= 0.3 is 0 Å².